The quantitative estimate of drug-likeness (QED) is 0.153. The number of nitriles is 1. The van der Waals surface area contributed by atoms with Crippen molar-refractivity contribution in [3.63, 3.8) is 0 Å². The average Bonchev–Trinajstić information content (AvgIpc) is 3.62. The second kappa shape index (κ2) is 13.1. The van der Waals surface area contributed by atoms with Gasteiger partial charge in [-0.15, -0.1) is 5.10 Å². The summed E-state index contributed by atoms with van der Waals surface area (Å²) in [7, 11) is 0. The average molecular weight is 756 g/mol. The van der Waals surface area contributed by atoms with E-state index in [0.29, 0.717) is 63.8 Å². The SMILES string of the molecule is Cc1nc2c(F)c(-c3cccc(Cl)c3Cl)c(CCC#N)cc2c2c1cc([C@H]1C[C@H](n3cc(CCC(=O)O)nn3)CN1C(=O)C1CC1)n2[C@H]1[C@H]2CN[C@@H]1C2. The Labute approximate surface area is 314 Å². The first-order valence-electron chi connectivity index (χ1n) is 18.3. The first-order chi connectivity index (χ1) is 25.6. The normalized spacial score (nSPS) is 23.5. The zero-order valence-corrected chi connectivity index (χ0v) is 30.5. The van der Waals surface area contributed by atoms with Crippen LogP contribution in [0.1, 0.15) is 79.3 Å². The third kappa shape index (κ3) is 5.67. The molecule has 3 saturated heterocycles. The Bertz CT molecular complexity index is 2370. The topological polar surface area (TPSA) is 142 Å². The van der Waals surface area contributed by atoms with Crippen LogP contribution < -0.4 is 5.32 Å². The fraction of sp³-hybridized carbons (Fsp3) is 0.436. The van der Waals surface area contributed by atoms with Crippen LogP contribution in [0.25, 0.3) is 32.9 Å². The van der Waals surface area contributed by atoms with Crippen molar-refractivity contribution in [2.75, 3.05) is 13.1 Å². The molecule has 14 heteroatoms. The fourth-order valence-electron chi connectivity index (χ4n) is 9.03. The Kier molecular flexibility index (Phi) is 8.44. The Balaban J connectivity index is 1.24. The lowest BCUT2D eigenvalue weighted by Crippen LogP contribution is -2.41. The maximum Gasteiger partial charge on any atom is 0.303 e. The van der Waals surface area contributed by atoms with Gasteiger partial charge in [-0.2, -0.15) is 5.26 Å². The number of amides is 1. The molecule has 2 bridgehead atoms. The molecule has 5 aromatic rings. The highest BCUT2D eigenvalue weighted by Gasteiger charge is 2.51. The molecule has 53 heavy (non-hydrogen) atoms. The van der Waals surface area contributed by atoms with Gasteiger partial charge in [0.15, 0.2) is 5.82 Å². The molecule has 2 N–H and O–H groups in total. The summed E-state index contributed by atoms with van der Waals surface area (Å²) in [5.74, 6) is -0.905. The second-order valence-corrected chi connectivity index (χ2v) is 15.8. The van der Waals surface area contributed by atoms with Crippen molar-refractivity contribution >= 4 is 56.9 Å². The van der Waals surface area contributed by atoms with E-state index in [0.717, 1.165) is 42.4 Å². The Hall–Kier alpha value is -4.57. The number of carboxylic acid groups (broad SMARTS) is 1. The number of likely N-dealkylation sites (tertiary alicyclic amines) is 1. The largest absolute Gasteiger partial charge is 0.481 e. The summed E-state index contributed by atoms with van der Waals surface area (Å²) in [5.41, 5.74) is 4.76. The number of carbonyl (C=O) groups excluding carboxylic acids is 1. The van der Waals surface area contributed by atoms with Crippen LogP contribution in [-0.2, 0) is 22.4 Å². The summed E-state index contributed by atoms with van der Waals surface area (Å²) >= 11 is 13.1. The highest BCUT2D eigenvalue weighted by atomic mass is 35.5. The second-order valence-electron chi connectivity index (χ2n) is 15.0. The van der Waals surface area contributed by atoms with Crippen LogP contribution in [0.4, 0.5) is 4.39 Å². The van der Waals surface area contributed by atoms with Gasteiger partial charge in [-0.3, -0.25) is 9.59 Å². The van der Waals surface area contributed by atoms with Crippen LogP contribution in [0.3, 0.4) is 0 Å². The van der Waals surface area contributed by atoms with Crippen molar-refractivity contribution in [3.05, 3.63) is 75.0 Å². The van der Waals surface area contributed by atoms with E-state index < -0.39 is 11.8 Å². The summed E-state index contributed by atoms with van der Waals surface area (Å²) in [6, 6.07) is 11.4. The lowest BCUT2D eigenvalue weighted by atomic mass is 9.79. The number of pyridine rings is 1. The number of fused-ring (bicyclic) bond motifs is 4. The fourth-order valence-corrected chi connectivity index (χ4v) is 9.43. The van der Waals surface area contributed by atoms with Crippen LogP contribution in [-0.4, -0.2) is 65.6 Å². The molecule has 0 radical (unpaired) electrons. The van der Waals surface area contributed by atoms with E-state index in [1.54, 1.807) is 29.1 Å². The molecule has 3 aromatic heterocycles. The number of nitrogens with zero attached hydrogens (tertiary/aromatic N) is 7. The monoisotopic (exact) mass is 754 g/mol. The van der Waals surface area contributed by atoms with Crippen molar-refractivity contribution in [2.24, 2.45) is 11.8 Å². The number of carboxylic acids is 1. The molecule has 0 spiro atoms. The first-order valence-corrected chi connectivity index (χ1v) is 19.0. The molecule has 5 aliphatic rings. The maximum atomic E-state index is 17.2. The van der Waals surface area contributed by atoms with Crippen molar-refractivity contribution in [1.29, 1.82) is 5.26 Å². The third-order valence-corrected chi connectivity index (χ3v) is 12.6. The smallest absolute Gasteiger partial charge is 0.303 e. The lowest BCUT2D eigenvalue weighted by Gasteiger charge is -2.39. The molecule has 10 rings (SSSR count). The number of hydrogen-bond donors (Lipinski definition) is 2. The summed E-state index contributed by atoms with van der Waals surface area (Å²) in [6.07, 6.45) is 5.90. The highest BCUT2D eigenvalue weighted by molar-refractivity contribution is 6.43. The molecular weight excluding hydrogens is 718 g/mol. The van der Waals surface area contributed by atoms with Gasteiger partial charge >= 0.3 is 5.97 Å². The van der Waals surface area contributed by atoms with Crippen LogP contribution in [0.15, 0.2) is 36.5 Å². The van der Waals surface area contributed by atoms with E-state index in [9.17, 15) is 20.0 Å². The van der Waals surface area contributed by atoms with Gasteiger partial charge in [-0.25, -0.2) is 14.1 Å². The number of hydrogen-bond acceptors (Lipinski definition) is 7. The Morgan fingerprint density at radius 2 is 1.98 bits per heavy atom. The molecule has 11 nitrogen and oxygen atoms in total. The van der Waals surface area contributed by atoms with Gasteiger partial charge in [-0.05, 0) is 68.7 Å². The van der Waals surface area contributed by atoms with Gasteiger partial charge in [0.25, 0.3) is 0 Å². The van der Waals surface area contributed by atoms with Gasteiger partial charge < -0.3 is 19.9 Å². The molecule has 272 valence electrons. The van der Waals surface area contributed by atoms with E-state index >= 15 is 4.39 Å². The molecule has 5 atom stereocenters. The minimum absolute atomic E-state index is 0.00439. The molecule has 6 heterocycles. The van der Waals surface area contributed by atoms with E-state index in [-0.39, 0.29) is 65.8 Å². The van der Waals surface area contributed by atoms with E-state index in [2.05, 4.69) is 32.3 Å². The molecular formula is C39H37Cl2FN8O3. The highest BCUT2D eigenvalue weighted by Crippen LogP contribution is 2.52. The van der Waals surface area contributed by atoms with Gasteiger partial charge in [0, 0.05) is 77.4 Å². The Morgan fingerprint density at radius 1 is 1.15 bits per heavy atom. The molecule has 1 amide bonds. The molecule has 5 fully saturated rings. The zero-order valence-electron chi connectivity index (χ0n) is 29.0. The number of aromatic nitrogens is 5. The zero-order chi connectivity index (χ0) is 36.7. The molecule has 2 aliphatic carbocycles. The van der Waals surface area contributed by atoms with Gasteiger partial charge in [0.1, 0.15) is 5.52 Å². The molecule has 0 unspecified atom stereocenters. The van der Waals surface area contributed by atoms with Gasteiger partial charge in [-0.1, -0.05) is 40.5 Å². The minimum atomic E-state index is -0.896. The number of aryl methyl sites for hydroxylation is 3. The van der Waals surface area contributed by atoms with Crippen LogP contribution in [0.5, 0.6) is 0 Å². The van der Waals surface area contributed by atoms with E-state index in [1.807, 2.05) is 17.9 Å². The number of carbonyl (C=O) groups is 2. The predicted octanol–water partition coefficient (Wildman–Crippen LogP) is 7.13. The summed E-state index contributed by atoms with van der Waals surface area (Å²) in [4.78, 5) is 32.2. The number of rotatable bonds is 10. The standard InChI is InChI=1S/C39H37Cl2FN8O3/c1-19-26-15-31(30-14-24(18-48(30)39(53)20-7-8-20)49-17-23(46-47-49)9-10-32(51)52)50(37-22-13-29(37)44-16-22)38(26)27-12-21(4-3-11-43)33(35(42)36(27)45-19)25-5-2-6-28(40)34(25)41/h2,5-6,12,15,17,20,22,24,29-30,37,44H,3-4,7-10,13-14,16,18H2,1H3,(H,51,52)/t22-,24+,29-,30-,37+/m1/s1. The van der Waals surface area contributed by atoms with E-state index in [1.165, 1.54) is 0 Å². The van der Waals surface area contributed by atoms with Gasteiger partial charge in [0.05, 0.1) is 51.9 Å². The summed E-state index contributed by atoms with van der Waals surface area (Å²) < 4.78 is 21.4. The number of nitrogens with one attached hydrogen (secondary N) is 1. The van der Waals surface area contributed by atoms with Crippen molar-refractivity contribution in [2.45, 2.75) is 82.5 Å². The molecule has 2 saturated carbocycles. The summed E-state index contributed by atoms with van der Waals surface area (Å²) in [6.45, 7) is 3.23. The van der Waals surface area contributed by atoms with Gasteiger partial charge in [0.2, 0.25) is 5.91 Å². The number of halogens is 3. The Morgan fingerprint density at radius 3 is 2.70 bits per heavy atom. The van der Waals surface area contributed by atoms with Crippen molar-refractivity contribution in [1.82, 2.24) is 34.8 Å². The summed E-state index contributed by atoms with van der Waals surface area (Å²) in [5, 5.41) is 33.2. The first kappa shape index (κ1) is 34.2. The molecule has 2 aromatic carbocycles. The number of aliphatic carboxylic acids is 1. The van der Waals surface area contributed by atoms with Crippen LogP contribution >= 0.6 is 23.2 Å². The molecule has 3 aliphatic heterocycles. The maximum absolute atomic E-state index is 17.2. The van der Waals surface area contributed by atoms with Crippen molar-refractivity contribution < 1.29 is 19.1 Å². The van der Waals surface area contributed by atoms with Crippen molar-refractivity contribution in [3.8, 4) is 17.2 Å². The van der Waals surface area contributed by atoms with Crippen LogP contribution in [0, 0.1) is 35.9 Å². The third-order valence-electron chi connectivity index (χ3n) is 11.8. The van der Waals surface area contributed by atoms with Crippen LogP contribution in [0.2, 0.25) is 10.0 Å². The predicted molar refractivity (Wildman–Crippen MR) is 197 cm³/mol. The lowest BCUT2D eigenvalue weighted by molar-refractivity contribution is -0.137. The number of benzene rings is 2. The van der Waals surface area contributed by atoms with E-state index in [4.69, 9.17) is 28.2 Å². The minimum Gasteiger partial charge on any atom is -0.481 e.